The lowest BCUT2D eigenvalue weighted by Crippen LogP contribution is -2.15. The normalized spacial score (nSPS) is 12.4. The Hall–Kier alpha value is -0.690. The van der Waals surface area contributed by atoms with Gasteiger partial charge in [0, 0.05) is 6.04 Å². The molecule has 0 aliphatic carbocycles. The van der Waals surface area contributed by atoms with Gasteiger partial charge in [-0.1, -0.05) is 56.7 Å². The van der Waals surface area contributed by atoms with Gasteiger partial charge in [0.15, 0.2) is 0 Å². The Balaban J connectivity index is 2.30. The minimum atomic E-state index is 0.492. The summed E-state index contributed by atoms with van der Waals surface area (Å²) >= 11 is 6.18. The molecule has 0 heterocycles. The number of nitrogens with one attached hydrogen (secondary N) is 1. The first-order valence-electron chi connectivity index (χ1n) is 7.16. The van der Waals surface area contributed by atoms with Gasteiger partial charge in [-0.05, 0) is 38.0 Å². The Morgan fingerprint density at radius 1 is 1.17 bits per heavy atom. The van der Waals surface area contributed by atoms with Crippen LogP contribution in [0.25, 0.3) is 0 Å². The average Bonchev–Trinajstić information content (AvgIpc) is 2.33. The highest BCUT2D eigenvalue weighted by Gasteiger charge is 2.05. The van der Waals surface area contributed by atoms with Gasteiger partial charge in [0.2, 0.25) is 0 Å². The zero-order valence-corrected chi connectivity index (χ0v) is 12.7. The van der Waals surface area contributed by atoms with E-state index in [0.717, 1.165) is 10.7 Å². The maximum absolute atomic E-state index is 6.18. The average molecular weight is 268 g/mol. The van der Waals surface area contributed by atoms with Crippen LogP contribution in [0, 0.1) is 6.92 Å². The molecular formula is C16H26ClN. The second kappa shape index (κ2) is 8.42. The zero-order valence-electron chi connectivity index (χ0n) is 11.9. The van der Waals surface area contributed by atoms with Crippen LogP contribution in [0.15, 0.2) is 18.2 Å². The van der Waals surface area contributed by atoms with Gasteiger partial charge in [0.25, 0.3) is 0 Å². The fourth-order valence-electron chi connectivity index (χ4n) is 2.14. The van der Waals surface area contributed by atoms with E-state index in [0.29, 0.717) is 6.04 Å². The molecular weight excluding hydrogens is 242 g/mol. The van der Waals surface area contributed by atoms with Gasteiger partial charge >= 0.3 is 0 Å². The van der Waals surface area contributed by atoms with Crippen LogP contribution in [0.3, 0.4) is 0 Å². The zero-order chi connectivity index (χ0) is 13.4. The number of aryl methyl sites for hydroxylation is 1. The molecule has 0 radical (unpaired) electrons. The molecule has 2 heteroatoms. The lowest BCUT2D eigenvalue weighted by atomic mass is 10.1. The second-order valence-electron chi connectivity index (χ2n) is 5.23. The van der Waals surface area contributed by atoms with Crippen molar-refractivity contribution in [3.63, 3.8) is 0 Å². The van der Waals surface area contributed by atoms with E-state index in [1.165, 1.54) is 44.1 Å². The molecule has 102 valence electrons. The van der Waals surface area contributed by atoms with E-state index in [1.807, 2.05) is 12.1 Å². The minimum Gasteiger partial charge on any atom is -0.381 e. The highest BCUT2D eigenvalue weighted by Crippen LogP contribution is 2.24. The van der Waals surface area contributed by atoms with E-state index in [1.54, 1.807) is 0 Å². The van der Waals surface area contributed by atoms with E-state index in [-0.39, 0.29) is 0 Å². The summed E-state index contributed by atoms with van der Waals surface area (Å²) in [5.41, 5.74) is 2.31. The lowest BCUT2D eigenvalue weighted by Gasteiger charge is -2.16. The molecule has 1 unspecified atom stereocenters. The van der Waals surface area contributed by atoms with Crippen LogP contribution in [0.2, 0.25) is 5.02 Å². The fourth-order valence-corrected chi connectivity index (χ4v) is 2.31. The van der Waals surface area contributed by atoms with Crippen molar-refractivity contribution >= 4 is 17.3 Å². The number of benzene rings is 1. The maximum Gasteiger partial charge on any atom is 0.0637 e. The van der Waals surface area contributed by atoms with Gasteiger partial charge < -0.3 is 5.32 Å². The van der Waals surface area contributed by atoms with Crippen molar-refractivity contribution in [1.82, 2.24) is 0 Å². The fraction of sp³-hybridized carbons (Fsp3) is 0.625. The molecule has 0 spiro atoms. The monoisotopic (exact) mass is 267 g/mol. The number of halogens is 1. The van der Waals surface area contributed by atoms with Gasteiger partial charge in [0.05, 0.1) is 10.7 Å². The number of hydrogen-bond donors (Lipinski definition) is 1. The first kappa shape index (κ1) is 15.4. The van der Waals surface area contributed by atoms with Gasteiger partial charge in [0.1, 0.15) is 0 Å². The summed E-state index contributed by atoms with van der Waals surface area (Å²) in [6.45, 7) is 6.58. The molecule has 0 bridgehead atoms. The predicted molar refractivity (Wildman–Crippen MR) is 82.6 cm³/mol. The molecule has 1 atom stereocenters. The van der Waals surface area contributed by atoms with Gasteiger partial charge in [-0.3, -0.25) is 0 Å². The standard InChI is InChI=1S/C16H26ClN/c1-4-5-6-7-8-9-14(3)18-16-12-13(2)10-11-15(16)17/h10-12,14,18H,4-9H2,1-3H3. The van der Waals surface area contributed by atoms with Gasteiger partial charge in [-0.15, -0.1) is 0 Å². The van der Waals surface area contributed by atoms with Gasteiger partial charge in [-0.25, -0.2) is 0 Å². The molecule has 1 aromatic carbocycles. The molecule has 0 aromatic heterocycles. The summed E-state index contributed by atoms with van der Waals surface area (Å²) in [6.07, 6.45) is 7.92. The van der Waals surface area contributed by atoms with Crippen molar-refractivity contribution in [2.45, 2.75) is 65.3 Å². The maximum atomic E-state index is 6.18. The number of rotatable bonds is 8. The summed E-state index contributed by atoms with van der Waals surface area (Å²) in [6, 6.07) is 6.62. The summed E-state index contributed by atoms with van der Waals surface area (Å²) in [4.78, 5) is 0. The van der Waals surface area contributed by atoms with E-state index >= 15 is 0 Å². The summed E-state index contributed by atoms with van der Waals surface area (Å²) in [5, 5.41) is 4.33. The number of anilines is 1. The molecule has 0 aliphatic rings. The molecule has 1 N–H and O–H groups in total. The first-order valence-corrected chi connectivity index (χ1v) is 7.54. The lowest BCUT2D eigenvalue weighted by molar-refractivity contribution is 0.578. The molecule has 0 fully saturated rings. The van der Waals surface area contributed by atoms with E-state index in [9.17, 15) is 0 Å². The Labute approximate surface area is 117 Å². The van der Waals surface area contributed by atoms with Crippen molar-refractivity contribution in [1.29, 1.82) is 0 Å². The van der Waals surface area contributed by atoms with Crippen molar-refractivity contribution in [3.05, 3.63) is 28.8 Å². The van der Waals surface area contributed by atoms with E-state index in [2.05, 4.69) is 32.2 Å². The Bertz CT molecular complexity index is 349. The van der Waals surface area contributed by atoms with Crippen molar-refractivity contribution < 1.29 is 0 Å². The third-order valence-corrected chi connectivity index (χ3v) is 3.59. The van der Waals surface area contributed by atoms with Crippen LogP contribution in [-0.2, 0) is 0 Å². The topological polar surface area (TPSA) is 12.0 Å². The first-order chi connectivity index (χ1) is 8.63. The molecule has 0 saturated carbocycles. The Morgan fingerprint density at radius 2 is 1.89 bits per heavy atom. The quantitative estimate of drug-likeness (QED) is 0.586. The third-order valence-electron chi connectivity index (χ3n) is 3.26. The van der Waals surface area contributed by atoms with Gasteiger partial charge in [-0.2, -0.15) is 0 Å². The van der Waals surface area contributed by atoms with E-state index in [4.69, 9.17) is 11.6 Å². The third kappa shape index (κ3) is 5.77. The SMILES string of the molecule is CCCCCCCC(C)Nc1cc(C)ccc1Cl. The minimum absolute atomic E-state index is 0.492. The molecule has 18 heavy (non-hydrogen) atoms. The number of hydrogen-bond acceptors (Lipinski definition) is 1. The summed E-state index contributed by atoms with van der Waals surface area (Å²) < 4.78 is 0. The Morgan fingerprint density at radius 3 is 2.61 bits per heavy atom. The number of unbranched alkanes of at least 4 members (excludes halogenated alkanes) is 4. The molecule has 1 rings (SSSR count). The summed E-state index contributed by atoms with van der Waals surface area (Å²) in [7, 11) is 0. The molecule has 0 aliphatic heterocycles. The second-order valence-corrected chi connectivity index (χ2v) is 5.64. The molecule has 1 nitrogen and oxygen atoms in total. The van der Waals surface area contributed by atoms with E-state index < -0.39 is 0 Å². The van der Waals surface area contributed by atoms with Crippen LogP contribution in [0.5, 0.6) is 0 Å². The smallest absolute Gasteiger partial charge is 0.0637 e. The summed E-state index contributed by atoms with van der Waals surface area (Å²) in [5.74, 6) is 0. The molecule has 1 aromatic rings. The van der Waals surface area contributed by atoms with Crippen molar-refractivity contribution in [2.24, 2.45) is 0 Å². The van der Waals surface area contributed by atoms with Crippen LogP contribution in [0.1, 0.15) is 57.9 Å². The molecule has 0 saturated heterocycles. The Kier molecular flexibility index (Phi) is 7.19. The molecule has 0 amide bonds. The van der Waals surface area contributed by atoms with Crippen molar-refractivity contribution in [2.75, 3.05) is 5.32 Å². The van der Waals surface area contributed by atoms with Crippen LogP contribution >= 0.6 is 11.6 Å². The van der Waals surface area contributed by atoms with Crippen LogP contribution in [-0.4, -0.2) is 6.04 Å². The highest BCUT2D eigenvalue weighted by atomic mass is 35.5. The van der Waals surface area contributed by atoms with Crippen LogP contribution < -0.4 is 5.32 Å². The largest absolute Gasteiger partial charge is 0.381 e. The van der Waals surface area contributed by atoms with Crippen molar-refractivity contribution in [3.8, 4) is 0 Å². The van der Waals surface area contributed by atoms with Crippen LogP contribution in [0.4, 0.5) is 5.69 Å². The predicted octanol–water partition coefficient (Wildman–Crippen LogP) is 5.81. The highest BCUT2D eigenvalue weighted by molar-refractivity contribution is 6.33.